The van der Waals surface area contributed by atoms with E-state index in [9.17, 15) is 4.79 Å². The Morgan fingerprint density at radius 3 is 2.68 bits per heavy atom. The number of benzene rings is 1. The fourth-order valence-corrected chi connectivity index (χ4v) is 2.58. The van der Waals surface area contributed by atoms with E-state index in [-0.39, 0.29) is 5.91 Å². The number of amides is 1. The van der Waals surface area contributed by atoms with Gasteiger partial charge >= 0.3 is 0 Å². The van der Waals surface area contributed by atoms with Gasteiger partial charge in [0.25, 0.3) is 5.91 Å². The number of hydrogen-bond acceptors (Lipinski definition) is 3. The molecule has 0 radical (unpaired) electrons. The zero-order valence-electron chi connectivity index (χ0n) is 13.1. The molecular weight excluding hydrogens is 276 g/mol. The Morgan fingerprint density at radius 2 is 1.95 bits per heavy atom. The van der Waals surface area contributed by atoms with Crippen LogP contribution in [0.5, 0.6) is 0 Å². The largest absolute Gasteiger partial charge is 0.322 e. The second-order valence-electron chi connectivity index (χ2n) is 5.58. The van der Waals surface area contributed by atoms with E-state index in [0.29, 0.717) is 5.56 Å². The Morgan fingerprint density at radius 1 is 1.18 bits per heavy atom. The van der Waals surface area contributed by atoms with E-state index in [4.69, 9.17) is 0 Å². The van der Waals surface area contributed by atoms with E-state index in [0.717, 1.165) is 28.0 Å². The molecule has 0 aliphatic heterocycles. The molecular formula is C17H18N4O. The van der Waals surface area contributed by atoms with E-state index in [1.165, 1.54) is 5.56 Å². The van der Waals surface area contributed by atoms with Crippen molar-refractivity contribution >= 4 is 22.6 Å². The Labute approximate surface area is 129 Å². The first-order valence-corrected chi connectivity index (χ1v) is 7.13. The van der Waals surface area contributed by atoms with E-state index in [1.54, 1.807) is 10.9 Å². The molecule has 0 saturated heterocycles. The summed E-state index contributed by atoms with van der Waals surface area (Å²) in [6, 6.07) is 7.78. The third kappa shape index (κ3) is 2.45. The second-order valence-corrected chi connectivity index (χ2v) is 5.58. The summed E-state index contributed by atoms with van der Waals surface area (Å²) in [7, 11) is 1.84. The molecule has 0 aliphatic rings. The first kappa shape index (κ1) is 14.3. The number of carbonyl (C=O) groups excluding carboxylic acids is 1. The lowest BCUT2D eigenvalue weighted by Crippen LogP contribution is -2.13. The van der Waals surface area contributed by atoms with Crippen LogP contribution in [0.1, 0.15) is 27.2 Å². The van der Waals surface area contributed by atoms with Gasteiger partial charge < -0.3 is 5.32 Å². The average molecular weight is 294 g/mol. The Bertz CT molecular complexity index is 880. The van der Waals surface area contributed by atoms with Crippen LogP contribution in [0, 0.1) is 20.8 Å². The summed E-state index contributed by atoms with van der Waals surface area (Å²) >= 11 is 0. The Kier molecular flexibility index (Phi) is 3.41. The van der Waals surface area contributed by atoms with Crippen molar-refractivity contribution in [2.45, 2.75) is 20.8 Å². The zero-order chi connectivity index (χ0) is 15.9. The quantitative estimate of drug-likeness (QED) is 0.790. The van der Waals surface area contributed by atoms with Crippen molar-refractivity contribution in [2.24, 2.45) is 7.05 Å². The van der Waals surface area contributed by atoms with Crippen LogP contribution in [0.3, 0.4) is 0 Å². The molecule has 112 valence electrons. The van der Waals surface area contributed by atoms with Gasteiger partial charge in [-0.1, -0.05) is 17.7 Å². The van der Waals surface area contributed by atoms with Crippen molar-refractivity contribution < 1.29 is 4.79 Å². The predicted molar refractivity (Wildman–Crippen MR) is 87.1 cm³/mol. The first-order valence-electron chi connectivity index (χ1n) is 7.13. The topological polar surface area (TPSA) is 59.8 Å². The molecule has 22 heavy (non-hydrogen) atoms. The predicted octanol–water partition coefficient (Wildman–Crippen LogP) is 3.15. The van der Waals surface area contributed by atoms with Crippen LogP contribution in [0.2, 0.25) is 0 Å². The highest BCUT2D eigenvalue weighted by atomic mass is 16.1. The van der Waals surface area contributed by atoms with Gasteiger partial charge in [-0.25, -0.2) is 4.98 Å². The molecule has 3 aromatic rings. The summed E-state index contributed by atoms with van der Waals surface area (Å²) in [4.78, 5) is 16.8. The molecule has 2 heterocycles. The molecule has 0 bridgehead atoms. The van der Waals surface area contributed by atoms with Gasteiger partial charge in [0.05, 0.1) is 11.3 Å². The van der Waals surface area contributed by atoms with Gasteiger partial charge in [-0.3, -0.25) is 9.48 Å². The standard InChI is InChI=1S/C17H18N4O/c1-10-5-6-15(11(2)7-10)19-17(22)13-8-14-12(3)20-21(4)16(14)18-9-13/h5-9H,1-4H3,(H,19,22). The molecule has 5 heteroatoms. The molecule has 0 fully saturated rings. The van der Waals surface area contributed by atoms with Crippen LogP contribution in [0.4, 0.5) is 5.69 Å². The molecule has 2 aromatic heterocycles. The third-order valence-corrected chi connectivity index (χ3v) is 3.76. The van der Waals surface area contributed by atoms with Crippen molar-refractivity contribution in [1.82, 2.24) is 14.8 Å². The second kappa shape index (κ2) is 5.26. The molecule has 0 atom stereocenters. The van der Waals surface area contributed by atoms with Gasteiger partial charge in [-0.05, 0) is 38.5 Å². The summed E-state index contributed by atoms with van der Waals surface area (Å²) in [5.41, 5.74) is 5.21. The smallest absolute Gasteiger partial charge is 0.257 e. The van der Waals surface area contributed by atoms with Crippen LogP contribution < -0.4 is 5.32 Å². The highest BCUT2D eigenvalue weighted by Gasteiger charge is 2.12. The number of nitrogens with zero attached hydrogens (tertiary/aromatic N) is 3. The highest BCUT2D eigenvalue weighted by Crippen LogP contribution is 2.19. The lowest BCUT2D eigenvalue weighted by Gasteiger charge is -2.09. The third-order valence-electron chi connectivity index (χ3n) is 3.76. The molecule has 0 unspecified atom stereocenters. The van der Waals surface area contributed by atoms with Crippen LogP contribution >= 0.6 is 0 Å². The maximum Gasteiger partial charge on any atom is 0.257 e. The van der Waals surface area contributed by atoms with Crippen LogP contribution in [0.15, 0.2) is 30.5 Å². The number of anilines is 1. The summed E-state index contributed by atoms with van der Waals surface area (Å²) in [6.07, 6.45) is 1.59. The van der Waals surface area contributed by atoms with Gasteiger partial charge in [-0.15, -0.1) is 0 Å². The van der Waals surface area contributed by atoms with Crippen molar-refractivity contribution in [2.75, 3.05) is 5.32 Å². The molecule has 1 amide bonds. The number of nitrogens with one attached hydrogen (secondary N) is 1. The van der Waals surface area contributed by atoms with Gasteiger partial charge in [0, 0.05) is 24.3 Å². The van der Waals surface area contributed by atoms with E-state index >= 15 is 0 Å². The van der Waals surface area contributed by atoms with Gasteiger partial charge in [0.15, 0.2) is 5.65 Å². The molecule has 1 aromatic carbocycles. The number of carbonyl (C=O) groups is 1. The Balaban J connectivity index is 1.93. The fourth-order valence-electron chi connectivity index (χ4n) is 2.58. The number of aryl methyl sites for hydroxylation is 4. The number of fused-ring (bicyclic) bond motifs is 1. The highest BCUT2D eigenvalue weighted by molar-refractivity contribution is 6.06. The van der Waals surface area contributed by atoms with Gasteiger partial charge in [0.1, 0.15) is 0 Å². The monoisotopic (exact) mass is 294 g/mol. The summed E-state index contributed by atoms with van der Waals surface area (Å²) in [6.45, 7) is 5.92. The lowest BCUT2D eigenvalue weighted by molar-refractivity contribution is 0.102. The van der Waals surface area contributed by atoms with Gasteiger partial charge in [0.2, 0.25) is 0 Å². The normalized spacial score (nSPS) is 10.9. The summed E-state index contributed by atoms with van der Waals surface area (Å²) < 4.78 is 1.72. The Hall–Kier alpha value is -2.69. The maximum absolute atomic E-state index is 12.4. The van der Waals surface area contributed by atoms with Crippen LogP contribution in [-0.4, -0.2) is 20.7 Å². The van der Waals surface area contributed by atoms with Crippen molar-refractivity contribution in [1.29, 1.82) is 0 Å². The maximum atomic E-state index is 12.4. The van der Waals surface area contributed by atoms with Crippen LogP contribution in [0.25, 0.3) is 11.0 Å². The van der Waals surface area contributed by atoms with Crippen LogP contribution in [-0.2, 0) is 7.05 Å². The molecule has 3 rings (SSSR count). The van der Waals surface area contributed by atoms with E-state index in [2.05, 4.69) is 15.4 Å². The number of aromatic nitrogens is 3. The summed E-state index contributed by atoms with van der Waals surface area (Å²) in [5, 5.41) is 8.16. The molecule has 1 N–H and O–H groups in total. The van der Waals surface area contributed by atoms with Gasteiger partial charge in [-0.2, -0.15) is 5.10 Å². The molecule has 0 aliphatic carbocycles. The number of rotatable bonds is 2. The number of pyridine rings is 1. The van der Waals surface area contributed by atoms with E-state index < -0.39 is 0 Å². The lowest BCUT2D eigenvalue weighted by atomic mass is 10.1. The van der Waals surface area contributed by atoms with E-state index in [1.807, 2.05) is 52.1 Å². The SMILES string of the molecule is Cc1ccc(NC(=O)c2cnc3c(c2)c(C)nn3C)c(C)c1. The van der Waals surface area contributed by atoms with Crippen molar-refractivity contribution in [3.8, 4) is 0 Å². The molecule has 5 nitrogen and oxygen atoms in total. The molecule has 0 saturated carbocycles. The zero-order valence-corrected chi connectivity index (χ0v) is 13.1. The minimum absolute atomic E-state index is 0.162. The summed E-state index contributed by atoms with van der Waals surface area (Å²) in [5.74, 6) is -0.162. The van der Waals surface area contributed by atoms with Crippen molar-refractivity contribution in [3.63, 3.8) is 0 Å². The first-order chi connectivity index (χ1) is 10.5. The minimum Gasteiger partial charge on any atom is -0.322 e. The number of hydrogen-bond donors (Lipinski definition) is 1. The minimum atomic E-state index is -0.162. The van der Waals surface area contributed by atoms with Crippen molar-refractivity contribution in [3.05, 3.63) is 52.8 Å². The molecule has 0 spiro atoms. The average Bonchev–Trinajstić information content (AvgIpc) is 2.76. The fraction of sp³-hybridized carbons (Fsp3) is 0.235.